The highest BCUT2D eigenvalue weighted by molar-refractivity contribution is 8.21. The van der Waals surface area contributed by atoms with Crippen LogP contribution in [0.1, 0.15) is 12.5 Å². The van der Waals surface area contributed by atoms with E-state index in [0.717, 1.165) is 17.1 Å². The number of ketones is 1. The Morgan fingerprint density at radius 1 is 1.21 bits per heavy atom. The van der Waals surface area contributed by atoms with E-state index in [4.69, 9.17) is 0 Å². The number of rotatable bonds is 2. The number of hydrogen-bond donors (Lipinski definition) is 0. The fourth-order valence-electron chi connectivity index (χ4n) is 1.64. The Labute approximate surface area is 92.7 Å². The average molecular weight is 224 g/mol. The lowest BCUT2D eigenvalue weighted by molar-refractivity contribution is -0.117. The fraction of sp³-hybridized carbons (Fsp3) is 0.364. The second kappa shape index (κ2) is 3.99. The first-order chi connectivity index (χ1) is 6.76. The summed E-state index contributed by atoms with van der Waals surface area (Å²) in [5.41, 5.74) is 1.14. The van der Waals surface area contributed by atoms with Crippen LogP contribution in [-0.2, 0) is 8.87 Å². The summed E-state index contributed by atoms with van der Waals surface area (Å²) in [6, 6.07) is 10.1. The topological polar surface area (TPSA) is 17.1 Å². The molecule has 0 unspecified atom stereocenters. The molecule has 0 saturated carbocycles. The van der Waals surface area contributed by atoms with Crippen LogP contribution in [0.25, 0.3) is 0 Å². The fourth-order valence-corrected chi connectivity index (χ4v) is 4.73. The zero-order valence-corrected chi connectivity index (χ0v) is 9.66. The maximum Gasteiger partial charge on any atom is 0.160 e. The Hall–Kier alpha value is -0.410. The first kappa shape index (κ1) is 10.1. The van der Waals surface area contributed by atoms with Gasteiger partial charge in [-0.05, 0) is 12.5 Å². The molecule has 2 rings (SSSR count). The van der Waals surface area contributed by atoms with Gasteiger partial charge in [0.2, 0.25) is 0 Å². The van der Waals surface area contributed by atoms with Crippen LogP contribution in [-0.4, -0.2) is 17.3 Å². The van der Waals surface area contributed by atoms with Crippen LogP contribution in [0.2, 0.25) is 0 Å². The van der Waals surface area contributed by atoms with Crippen molar-refractivity contribution < 1.29 is 4.79 Å². The normalized spacial score (nSPS) is 19.5. The van der Waals surface area contributed by atoms with Gasteiger partial charge in [0.15, 0.2) is 5.78 Å². The molecule has 1 aliphatic heterocycles. The van der Waals surface area contributed by atoms with E-state index in [1.165, 1.54) is 0 Å². The first-order valence-electron chi connectivity index (χ1n) is 4.60. The van der Waals surface area contributed by atoms with Gasteiger partial charge in [-0.1, -0.05) is 30.3 Å². The van der Waals surface area contributed by atoms with Crippen molar-refractivity contribution in [3.05, 3.63) is 35.9 Å². The minimum Gasteiger partial charge on any atom is -0.297 e. The van der Waals surface area contributed by atoms with Gasteiger partial charge in [0.1, 0.15) is 4.08 Å². The minimum atomic E-state index is -0.318. The molecule has 0 aromatic heterocycles. The second-order valence-electron chi connectivity index (χ2n) is 3.24. The van der Waals surface area contributed by atoms with Crippen molar-refractivity contribution >= 4 is 29.3 Å². The largest absolute Gasteiger partial charge is 0.297 e. The van der Waals surface area contributed by atoms with Crippen molar-refractivity contribution in [2.45, 2.75) is 11.0 Å². The molecule has 1 aliphatic rings. The standard InChI is InChI=1S/C11H12OS2/c1-9(12)11(13-7-8-14-11)10-5-3-2-4-6-10/h2-6H,7-8H2,1H3. The smallest absolute Gasteiger partial charge is 0.160 e. The van der Waals surface area contributed by atoms with E-state index in [2.05, 4.69) is 0 Å². The summed E-state index contributed by atoms with van der Waals surface area (Å²) >= 11 is 3.53. The van der Waals surface area contributed by atoms with Gasteiger partial charge < -0.3 is 0 Å². The molecule has 0 aliphatic carbocycles. The molecule has 0 radical (unpaired) electrons. The number of carbonyl (C=O) groups excluding carboxylic acids is 1. The maximum absolute atomic E-state index is 11.7. The van der Waals surface area contributed by atoms with E-state index in [1.807, 2.05) is 30.3 Å². The quantitative estimate of drug-likeness (QED) is 0.769. The summed E-state index contributed by atoms with van der Waals surface area (Å²) in [7, 11) is 0. The molecule has 14 heavy (non-hydrogen) atoms. The van der Waals surface area contributed by atoms with Crippen molar-refractivity contribution in [1.29, 1.82) is 0 Å². The van der Waals surface area contributed by atoms with E-state index in [0.29, 0.717) is 0 Å². The van der Waals surface area contributed by atoms with Gasteiger partial charge >= 0.3 is 0 Å². The third-order valence-corrected chi connectivity index (χ3v) is 5.95. The molecule has 0 amide bonds. The molecule has 1 saturated heterocycles. The van der Waals surface area contributed by atoms with Crippen LogP contribution in [0.5, 0.6) is 0 Å². The van der Waals surface area contributed by atoms with Crippen molar-refractivity contribution in [2.75, 3.05) is 11.5 Å². The Morgan fingerprint density at radius 3 is 2.29 bits per heavy atom. The molecular formula is C11H12OS2. The molecule has 1 fully saturated rings. The summed E-state index contributed by atoms with van der Waals surface area (Å²) in [6.45, 7) is 1.69. The Kier molecular flexibility index (Phi) is 2.88. The van der Waals surface area contributed by atoms with Gasteiger partial charge in [-0.25, -0.2) is 0 Å². The van der Waals surface area contributed by atoms with Gasteiger partial charge in [0, 0.05) is 11.5 Å². The summed E-state index contributed by atoms with van der Waals surface area (Å²) in [5.74, 6) is 2.40. The van der Waals surface area contributed by atoms with Crippen LogP contribution in [0.3, 0.4) is 0 Å². The lowest BCUT2D eigenvalue weighted by Gasteiger charge is -2.24. The van der Waals surface area contributed by atoms with Gasteiger partial charge in [0.25, 0.3) is 0 Å². The van der Waals surface area contributed by atoms with Crippen molar-refractivity contribution in [3.63, 3.8) is 0 Å². The Balaban J connectivity index is 2.42. The van der Waals surface area contributed by atoms with Gasteiger partial charge in [-0.2, -0.15) is 0 Å². The maximum atomic E-state index is 11.7. The van der Waals surface area contributed by atoms with Crippen LogP contribution < -0.4 is 0 Å². The zero-order valence-electron chi connectivity index (χ0n) is 8.03. The van der Waals surface area contributed by atoms with Crippen molar-refractivity contribution in [3.8, 4) is 0 Å². The summed E-state index contributed by atoms with van der Waals surface area (Å²) in [6.07, 6.45) is 0. The predicted octanol–water partition coefficient (Wildman–Crippen LogP) is 2.91. The SMILES string of the molecule is CC(=O)C1(c2ccccc2)SCCS1. The van der Waals surface area contributed by atoms with E-state index < -0.39 is 0 Å². The van der Waals surface area contributed by atoms with E-state index in [9.17, 15) is 4.79 Å². The number of hydrogen-bond acceptors (Lipinski definition) is 3. The van der Waals surface area contributed by atoms with Gasteiger partial charge in [-0.15, -0.1) is 23.5 Å². The molecule has 0 atom stereocenters. The van der Waals surface area contributed by atoms with Crippen LogP contribution in [0.4, 0.5) is 0 Å². The predicted molar refractivity (Wildman–Crippen MR) is 63.7 cm³/mol. The third-order valence-electron chi connectivity index (χ3n) is 2.31. The molecular weight excluding hydrogens is 212 g/mol. The second-order valence-corrected chi connectivity index (χ2v) is 6.11. The van der Waals surface area contributed by atoms with E-state index >= 15 is 0 Å². The lowest BCUT2D eigenvalue weighted by atomic mass is 10.1. The molecule has 1 heterocycles. The van der Waals surface area contributed by atoms with Crippen LogP contribution in [0.15, 0.2) is 30.3 Å². The average Bonchev–Trinajstić information content (AvgIpc) is 2.69. The number of thioether (sulfide) groups is 2. The Morgan fingerprint density at radius 2 is 1.79 bits per heavy atom. The Bertz CT molecular complexity index is 328. The number of benzene rings is 1. The van der Waals surface area contributed by atoms with Gasteiger partial charge in [0.05, 0.1) is 0 Å². The number of Topliss-reactive ketones (excluding diaryl/α,β-unsaturated/α-hetero) is 1. The van der Waals surface area contributed by atoms with Crippen LogP contribution >= 0.6 is 23.5 Å². The monoisotopic (exact) mass is 224 g/mol. The zero-order chi connectivity index (χ0) is 10.0. The summed E-state index contributed by atoms with van der Waals surface area (Å²) < 4.78 is -0.318. The van der Waals surface area contributed by atoms with Crippen molar-refractivity contribution in [2.24, 2.45) is 0 Å². The van der Waals surface area contributed by atoms with Crippen molar-refractivity contribution in [1.82, 2.24) is 0 Å². The molecule has 1 aromatic carbocycles. The summed E-state index contributed by atoms with van der Waals surface area (Å²) in [4.78, 5) is 11.7. The van der Waals surface area contributed by atoms with Gasteiger partial charge in [-0.3, -0.25) is 4.79 Å². The molecule has 1 aromatic rings. The molecule has 74 valence electrons. The molecule has 0 N–H and O–H groups in total. The molecule has 3 heteroatoms. The number of carbonyl (C=O) groups is 1. The minimum absolute atomic E-state index is 0.260. The molecule has 0 bridgehead atoms. The lowest BCUT2D eigenvalue weighted by Crippen LogP contribution is -2.23. The highest BCUT2D eigenvalue weighted by Crippen LogP contribution is 2.52. The highest BCUT2D eigenvalue weighted by atomic mass is 32.2. The molecule has 1 nitrogen and oxygen atoms in total. The van der Waals surface area contributed by atoms with E-state index in [1.54, 1.807) is 30.4 Å². The third kappa shape index (κ3) is 1.59. The van der Waals surface area contributed by atoms with E-state index in [-0.39, 0.29) is 9.86 Å². The summed E-state index contributed by atoms with van der Waals surface area (Å²) in [5, 5.41) is 0. The van der Waals surface area contributed by atoms with Crippen LogP contribution in [0, 0.1) is 0 Å². The highest BCUT2D eigenvalue weighted by Gasteiger charge is 2.41. The molecule has 0 spiro atoms. The first-order valence-corrected chi connectivity index (χ1v) is 6.57.